The number of aromatic nitrogens is 2. The lowest BCUT2D eigenvalue weighted by molar-refractivity contribution is -0.131. The van der Waals surface area contributed by atoms with E-state index in [2.05, 4.69) is 4.98 Å². The average Bonchev–Trinajstić information content (AvgIpc) is 3.35. The quantitative estimate of drug-likeness (QED) is 0.489. The van der Waals surface area contributed by atoms with Crippen LogP contribution < -0.4 is 0 Å². The number of carbonyl (C=O) groups is 1. The van der Waals surface area contributed by atoms with Gasteiger partial charge < -0.3 is 4.90 Å². The van der Waals surface area contributed by atoms with E-state index in [1.54, 1.807) is 17.0 Å². The number of amides is 1. The smallest absolute Gasteiger partial charge is 0.243 e. The summed E-state index contributed by atoms with van der Waals surface area (Å²) in [6.45, 7) is 1.35. The summed E-state index contributed by atoms with van der Waals surface area (Å²) >= 11 is 1.53. The van der Waals surface area contributed by atoms with Gasteiger partial charge in [-0.2, -0.15) is 4.31 Å². The third-order valence-corrected chi connectivity index (χ3v) is 8.09. The molecular weight excluding hydrogens is 420 g/mol. The van der Waals surface area contributed by atoms with Crippen LogP contribution in [0, 0.1) is 0 Å². The number of imidazole rings is 1. The first-order valence-electron chi connectivity index (χ1n) is 9.68. The Hall–Kier alpha value is -2.75. The number of nitrogens with zero attached hydrogens (tertiary/aromatic N) is 4. The molecule has 7 nitrogen and oxygen atoms in total. The third kappa shape index (κ3) is 3.49. The number of hydrogen-bond acceptors (Lipinski definition) is 5. The molecule has 3 heterocycles. The number of rotatable bonds is 4. The van der Waals surface area contributed by atoms with Crippen molar-refractivity contribution in [2.75, 3.05) is 26.2 Å². The Bertz CT molecular complexity index is 1310. The lowest BCUT2D eigenvalue weighted by atomic mass is 10.1. The number of carbonyl (C=O) groups excluding carboxylic acids is 1. The Morgan fingerprint density at radius 3 is 2.57 bits per heavy atom. The van der Waals surface area contributed by atoms with Gasteiger partial charge in [0.05, 0.1) is 17.0 Å². The summed E-state index contributed by atoms with van der Waals surface area (Å²) in [6.07, 6.45) is 4.01. The topological polar surface area (TPSA) is 75.0 Å². The first-order valence-corrected chi connectivity index (χ1v) is 12.0. The molecule has 9 heteroatoms. The molecule has 154 valence electrons. The van der Waals surface area contributed by atoms with E-state index in [9.17, 15) is 13.2 Å². The fraction of sp³-hybridized carbons (Fsp3) is 0.238. The van der Waals surface area contributed by atoms with Gasteiger partial charge in [0, 0.05) is 44.0 Å². The molecule has 1 fully saturated rings. The molecule has 2 aromatic carbocycles. The molecule has 2 aromatic heterocycles. The van der Waals surface area contributed by atoms with E-state index < -0.39 is 10.0 Å². The monoisotopic (exact) mass is 440 g/mol. The summed E-state index contributed by atoms with van der Waals surface area (Å²) in [4.78, 5) is 20.0. The van der Waals surface area contributed by atoms with Crippen molar-refractivity contribution in [1.82, 2.24) is 18.6 Å². The van der Waals surface area contributed by atoms with Gasteiger partial charge in [0.2, 0.25) is 15.9 Å². The Morgan fingerprint density at radius 2 is 1.80 bits per heavy atom. The highest BCUT2D eigenvalue weighted by Crippen LogP contribution is 2.23. The summed E-state index contributed by atoms with van der Waals surface area (Å²) in [5.74, 6) is -0.0245. The van der Waals surface area contributed by atoms with Gasteiger partial charge in [0.15, 0.2) is 4.96 Å². The zero-order valence-electron chi connectivity index (χ0n) is 16.1. The fourth-order valence-electron chi connectivity index (χ4n) is 3.78. The van der Waals surface area contributed by atoms with Crippen molar-refractivity contribution in [2.45, 2.75) is 11.3 Å². The van der Waals surface area contributed by atoms with Gasteiger partial charge >= 0.3 is 0 Å². The fourth-order valence-corrected chi connectivity index (χ4v) is 5.96. The molecule has 0 bridgehead atoms. The molecule has 0 saturated carbocycles. The molecule has 0 spiro atoms. The van der Waals surface area contributed by atoms with Crippen LogP contribution in [0.5, 0.6) is 0 Å². The van der Waals surface area contributed by atoms with E-state index in [4.69, 9.17) is 0 Å². The van der Waals surface area contributed by atoms with Crippen molar-refractivity contribution in [2.24, 2.45) is 0 Å². The summed E-state index contributed by atoms with van der Waals surface area (Å²) in [7, 11) is -3.59. The predicted molar refractivity (Wildman–Crippen MR) is 116 cm³/mol. The lowest BCUT2D eigenvalue weighted by Gasteiger charge is -2.34. The van der Waals surface area contributed by atoms with Crippen molar-refractivity contribution in [3.8, 4) is 0 Å². The minimum absolute atomic E-state index is 0.0245. The van der Waals surface area contributed by atoms with Gasteiger partial charge in [-0.25, -0.2) is 13.4 Å². The highest BCUT2D eigenvalue weighted by atomic mass is 32.2. The van der Waals surface area contributed by atoms with Crippen LogP contribution in [0.4, 0.5) is 0 Å². The number of thiazole rings is 1. The molecule has 1 aliphatic heterocycles. The molecule has 1 saturated heterocycles. The van der Waals surface area contributed by atoms with Crippen LogP contribution in [0.15, 0.2) is 65.1 Å². The van der Waals surface area contributed by atoms with E-state index in [1.165, 1.54) is 15.6 Å². The van der Waals surface area contributed by atoms with Gasteiger partial charge in [-0.3, -0.25) is 9.20 Å². The highest BCUT2D eigenvalue weighted by Gasteiger charge is 2.30. The number of piperazine rings is 1. The van der Waals surface area contributed by atoms with Crippen LogP contribution in [-0.4, -0.2) is 59.1 Å². The van der Waals surface area contributed by atoms with Crippen LogP contribution >= 0.6 is 11.3 Å². The molecule has 1 amide bonds. The molecule has 0 atom stereocenters. The summed E-state index contributed by atoms with van der Waals surface area (Å²) < 4.78 is 29.5. The van der Waals surface area contributed by atoms with E-state index in [0.717, 1.165) is 21.4 Å². The summed E-state index contributed by atoms with van der Waals surface area (Å²) in [5, 5.41) is 3.85. The number of sulfonamides is 1. The van der Waals surface area contributed by atoms with E-state index in [0.29, 0.717) is 31.1 Å². The maximum Gasteiger partial charge on any atom is 0.243 e. The second-order valence-corrected chi connectivity index (χ2v) is 10.1. The second-order valence-electron chi connectivity index (χ2n) is 7.30. The molecule has 30 heavy (non-hydrogen) atoms. The van der Waals surface area contributed by atoms with E-state index in [1.807, 2.05) is 52.5 Å². The maximum absolute atomic E-state index is 13.1. The van der Waals surface area contributed by atoms with Gasteiger partial charge in [-0.05, 0) is 22.9 Å². The van der Waals surface area contributed by atoms with Crippen LogP contribution in [0.25, 0.3) is 15.7 Å². The largest absolute Gasteiger partial charge is 0.340 e. The number of benzene rings is 2. The molecule has 1 aliphatic rings. The van der Waals surface area contributed by atoms with E-state index in [-0.39, 0.29) is 12.3 Å². The molecule has 0 unspecified atom stereocenters. The first-order chi connectivity index (χ1) is 14.5. The zero-order chi connectivity index (χ0) is 20.7. The van der Waals surface area contributed by atoms with Crippen molar-refractivity contribution < 1.29 is 13.2 Å². The second kappa shape index (κ2) is 7.50. The molecule has 0 aliphatic carbocycles. The van der Waals surface area contributed by atoms with Gasteiger partial charge in [0.25, 0.3) is 0 Å². The molecule has 4 aromatic rings. The minimum Gasteiger partial charge on any atom is -0.340 e. The SMILES string of the molecule is O=C(Cc1cn2ccsc2n1)N1CCN(S(=O)(=O)c2ccc3ccccc3c2)CC1. The molecule has 0 radical (unpaired) electrons. The summed E-state index contributed by atoms with van der Waals surface area (Å²) in [5.41, 5.74) is 0.734. The lowest BCUT2D eigenvalue weighted by Crippen LogP contribution is -2.50. The van der Waals surface area contributed by atoms with Crippen molar-refractivity contribution in [1.29, 1.82) is 0 Å². The highest BCUT2D eigenvalue weighted by molar-refractivity contribution is 7.89. The van der Waals surface area contributed by atoms with Crippen LogP contribution in [0.1, 0.15) is 5.69 Å². The normalized spacial score (nSPS) is 15.8. The molecule has 0 N–H and O–H groups in total. The van der Waals surface area contributed by atoms with Crippen LogP contribution in [0.3, 0.4) is 0 Å². The first kappa shape index (κ1) is 19.2. The van der Waals surface area contributed by atoms with Gasteiger partial charge in [-0.15, -0.1) is 11.3 Å². The summed E-state index contributed by atoms with van der Waals surface area (Å²) in [6, 6.07) is 12.9. The zero-order valence-corrected chi connectivity index (χ0v) is 17.8. The Kier molecular flexibility index (Phi) is 4.80. The predicted octanol–water partition coefficient (Wildman–Crippen LogP) is 2.62. The molecule has 5 rings (SSSR count). The van der Waals surface area contributed by atoms with E-state index >= 15 is 0 Å². The van der Waals surface area contributed by atoms with Crippen LogP contribution in [-0.2, 0) is 21.2 Å². The van der Waals surface area contributed by atoms with Gasteiger partial charge in [-0.1, -0.05) is 30.3 Å². The van der Waals surface area contributed by atoms with Crippen molar-refractivity contribution >= 4 is 43.0 Å². The van der Waals surface area contributed by atoms with Crippen LogP contribution in [0.2, 0.25) is 0 Å². The maximum atomic E-state index is 13.1. The standard InChI is InChI=1S/C21H20N4O3S2/c26-20(14-18-15-24-11-12-29-21(24)22-18)23-7-9-25(10-8-23)30(27,28)19-6-5-16-3-1-2-4-17(16)13-19/h1-6,11-13,15H,7-10,14H2. The number of hydrogen-bond donors (Lipinski definition) is 0. The van der Waals surface area contributed by atoms with Crippen molar-refractivity contribution in [3.05, 3.63) is 65.9 Å². The minimum atomic E-state index is -3.59. The van der Waals surface area contributed by atoms with Crippen molar-refractivity contribution in [3.63, 3.8) is 0 Å². The third-order valence-electron chi connectivity index (χ3n) is 5.43. The Labute approximate surface area is 178 Å². The Balaban J connectivity index is 1.26. The number of fused-ring (bicyclic) bond motifs is 2. The van der Waals surface area contributed by atoms with Gasteiger partial charge in [0.1, 0.15) is 0 Å². The Morgan fingerprint density at radius 1 is 1.03 bits per heavy atom. The molecular formula is C21H20N4O3S2. The average molecular weight is 441 g/mol.